The van der Waals surface area contributed by atoms with Gasteiger partial charge in [-0.05, 0) is 55.0 Å². The molecule has 0 spiro atoms. The van der Waals surface area contributed by atoms with Crippen molar-refractivity contribution in [1.29, 1.82) is 0 Å². The van der Waals surface area contributed by atoms with E-state index >= 15 is 0 Å². The number of aryl methyl sites for hydroxylation is 1. The van der Waals surface area contributed by atoms with Crippen molar-refractivity contribution in [3.05, 3.63) is 108 Å². The van der Waals surface area contributed by atoms with E-state index < -0.39 is 45.0 Å². The lowest BCUT2D eigenvalue weighted by atomic mass is 9.93. The second kappa shape index (κ2) is 12.4. The van der Waals surface area contributed by atoms with Gasteiger partial charge in [-0.1, -0.05) is 42.5 Å². The van der Waals surface area contributed by atoms with Gasteiger partial charge in [-0.25, -0.2) is 4.99 Å². The van der Waals surface area contributed by atoms with Crippen LogP contribution in [0.15, 0.2) is 121 Å². The topological polar surface area (TPSA) is 213 Å². The molecule has 0 aromatic heterocycles. The summed E-state index contributed by atoms with van der Waals surface area (Å²) >= 11 is 0. The number of fused-ring (bicyclic) bond motifs is 2. The second-order valence-electron chi connectivity index (χ2n) is 10.9. The Morgan fingerprint density at radius 2 is 1.33 bits per heavy atom. The predicted octanol–water partition coefficient (Wildman–Crippen LogP) is 6.27. The molecule has 2 aliphatic rings. The van der Waals surface area contributed by atoms with Gasteiger partial charge in [-0.3, -0.25) is 13.7 Å². The molecule has 0 atom stereocenters. The second-order valence-corrected chi connectivity index (χ2v) is 15.0. The van der Waals surface area contributed by atoms with Crippen LogP contribution in [0.1, 0.15) is 5.56 Å². The highest BCUT2D eigenvalue weighted by Gasteiger charge is 2.27. The van der Waals surface area contributed by atoms with Crippen LogP contribution < -0.4 is 16.0 Å². The largest absolute Gasteiger partial charge is 0.456 e. The fourth-order valence-electron chi connectivity index (χ4n) is 5.54. The third kappa shape index (κ3) is 6.65. The fourth-order valence-corrected chi connectivity index (χ4v) is 7.59. The Kier molecular flexibility index (Phi) is 8.56. The molecule has 1 heterocycles. The zero-order valence-electron chi connectivity index (χ0n) is 25.6. The van der Waals surface area contributed by atoms with Gasteiger partial charge in [0.05, 0.1) is 16.7 Å². The third-order valence-electron chi connectivity index (χ3n) is 7.71. The van der Waals surface area contributed by atoms with Crippen molar-refractivity contribution < 1.29 is 43.3 Å². The smallest absolute Gasteiger partial charge is 0.296 e. The Balaban J connectivity index is 1.74. The maximum atomic E-state index is 12.8. The Morgan fingerprint density at radius 3 is 2.00 bits per heavy atom. The van der Waals surface area contributed by atoms with Gasteiger partial charge in [0.2, 0.25) is 0 Å². The molecule has 13 nitrogen and oxygen atoms in total. The molecule has 0 bridgehead atoms. The van der Waals surface area contributed by atoms with Gasteiger partial charge in [0, 0.05) is 52.6 Å². The molecule has 5 N–H and O–H groups in total. The average Bonchev–Trinajstić information content (AvgIpc) is 3.03. The number of rotatable bonds is 8. The SMILES string of the molecule is CNc1c(N=c2cc3oc4cc(Nc5ccccc5C)ccc4c(-c4ccccc4S(=O)(=O)O)c-3cc2S(=O)(=O)O)cccc1S(=O)(=O)O. The molecular formula is C33H27N3O10S3. The van der Waals surface area contributed by atoms with E-state index in [-0.39, 0.29) is 44.8 Å². The molecule has 0 saturated carbocycles. The standard InChI is InChI=1S/C33H27N3O10S3/c1-19-8-3-5-10-24(19)35-20-14-15-21-27(16-20)46-28-18-26(36-25-11-7-13-30(33(25)34-2)48(40,41)42)31(49(43,44)45)17-23(28)32(21)22-9-4-6-12-29(22)47(37,38)39/h3-18,34-35H,1-2H3,(H,37,38,39)(H,40,41,42)(H,43,44,45). The number of nitrogens with one attached hydrogen (secondary N) is 2. The minimum Gasteiger partial charge on any atom is -0.456 e. The molecule has 0 fully saturated rings. The van der Waals surface area contributed by atoms with Crippen molar-refractivity contribution in [2.45, 2.75) is 21.6 Å². The van der Waals surface area contributed by atoms with E-state index in [0.717, 1.165) is 23.4 Å². The van der Waals surface area contributed by atoms with Gasteiger partial charge in [0.25, 0.3) is 30.4 Å². The Morgan fingerprint density at radius 1 is 0.673 bits per heavy atom. The van der Waals surface area contributed by atoms with Crippen molar-refractivity contribution in [2.75, 3.05) is 17.7 Å². The van der Waals surface area contributed by atoms with Gasteiger partial charge >= 0.3 is 0 Å². The molecule has 16 heteroatoms. The van der Waals surface area contributed by atoms with Crippen molar-refractivity contribution in [3.8, 4) is 22.5 Å². The number of para-hydroxylation sites is 2. The number of hydrogen-bond donors (Lipinski definition) is 5. The van der Waals surface area contributed by atoms with Gasteiger partial charge < -0.3 is 15.1 Å². The van der Waals surface area contributed by atoms with E-state index in [1.165, 1.54) is 49.5 Å². The summed E-state index contributed by atoms with van der Waals surface area (Å²) in [6.45, 7) is 1.93. The van der Waals surface area contributed by atoms with Gasteiger partial charge in [0.15, 0.2) is 0 Å². The minimum absolute atomic E-state index is 0.0104. The Bertz CT molecular complexity index is 2670. The van der Waals surface area contributed by atoms with E-state index in [1.54, 1.807) is 18.2 Å². The highest BCUT2D eigenvalue weighted by atomic mass is 32.2. The first-order valence-electron chi connectivity index (χ1n) is 14.3. The summed E-state index contributed by atoms with van der Waals surface area (Å²) in [5.41, 5.74) is 2.54. The Labute approximate surface area is 281 Å². The number of hydrogen-bond acceptors (Lipinski definition) is 10. The summed E-state index contributed by atoms with van der Waals surface area (Å²) in [5, 5.41) is 5.91. The summed E-state index contributed by atoms with van der Waals surface area (Å²) in [4.78, 5) is 2.62. The van der Waals surface area contributed by atoms with Crippen LogP contribution in [0.25, 0.3) is 33.4 Å². The maximum Gasteiger partial charge on any atom is 0.296 e. The summed E-state index contributed by atoms with van der Waals surface area (Å²) < 4.78 is 111. The van der Waals surface area contributed by atoms with Gasteiger partial charge in [0.1, 0.15) is 26.0 Å². The maximum absolute atomic E-state index is 12.8. The van der Waals surface area contributed by atoms with Crippen LogP contribution in [0, 0.1) is 6.92 Å². The van der Waals surface area contributed by atoms with Gasteiger partial charge in [-0.15, -0.1) is 0 Å². The summed E-state index contributed by atoms with van der Waals surface area (Å²) in [5.74, 6) is -0.0104. The quantitative estimate of drug-likeness (QED) is 0.0869. The molecule has 252 valence electrons. The lowest BCUT2D eigenvalue weighted by Crippen LogP contribution is -2.16. The van der Waals surface area contributed by atoms with E-state index in [4.69, 9.17) is 4.42 Å². The highest BCUT2D eigenvalue weighted by Crippen LogP contribution is 2.44. The predicted molar refractivity (Wildman–Crippen MR) is 183 cm³/mol. The molecule has 0 unspecified atom stereocenters. The monoisotopic (exact) mass is 721 g/mol. The zero-order valence-corrected chi connectivity index (χ0v) is 28.1. The van der Waals surface area contributed by atoms with Crippen molar-refractivity contribution >= 4 is 64.1 Å². The first kappa shape index (κ1) is 33.8. The first-order valence-corrected chi connectivity index (χ1v) is 18.6. The minimum atomic E-state index is -5.04. The molecule has 4 aromatic rings. The highest BCUT2D eigenvalue weighted by molar-refractivity contribution is 7.86. The normalized spacial score (nSPS) is 12.8. The van der Waals surface area contributed by atoms with E-state index in [9.17, 15) is 38.9 Å². The van der Waals surface area contributed by atoms with E-state index in [0.29, 0.717) is 11.1 Å². The lowest BCUT2D eigenvalue weighted by Gasteiger charge is -2.19. The molecule has 0 radical (unpaired) electrons. The molecule has 0 amide bonds. The van der Waals surface area contributed by atoms with Crippen LogP contribution in [0.4, 0.5) is 22.7 Å². The summed E-state index contributed by atoms with van der Waals surface area (Å²) in [6.07, 6.45) is 0. The molecule has 6 rings (SSSR count). The molecule has 1 aliphatic carbocycles. The molecular weight excluding hydrogens is 695 g/mol. The van der Waals surface area contributed by atoms with Crippen LogP contribution in [-0.2, 0) is 30.4 Å². The van der Waals surface area contributed by atoms with Crippen LogP contribution in [0.5, 0.6) is 0 Å². The molecule has 4 aromatic carbocycles. The fraction of sp³-hybridized carbons (Fsp3) is 0.0606. The zero-order chi connectivity index (χ0) is 35.3. The van der Waals surface area contributed by atoms with Crippen LogP contribution >= 0.6 is 0 Å². The van der Waals surface area contributed by atoms with Crippen molar-refractivity contribution in [1.82, 2.24) is 0 Å². The average molecular weight is 722 g/mol. The lowest BCUT2D eigenvalue weighted by molar-refractivity contribution is 0.480. The van der Waals surface area contributed by atoms with Crippen LogP contribution in [0.3, 0.4) is 0 Å². The molecule has 0 saturated heterocycles. The van der Waals surface area contributed by atoms with Crippen LogP contribution in [-0.4, -0.2) is 46.0 Å². The number of anilines is 3. The number of benzene rings is 5. The molecule has 1 aliphatic heterocycles. The van der Waals surface area contributed by atoms with Gasteiger partial charge in [-0.2, -0.15) is 25.3 Å². The Hall–Kier alpha value is -5.10. The van der Waals surface area contributed by atoms with Crippen LogP contribution in [0.2, 0.25) is 0 Å². The van der Waals surface area contributed by atoms with E-state index in [1.807, 2.05) is 31.2 Å². The summed E-state index contributed by atoms with van der Waals surface area (Å²) in [7, 11) is -13.2. The van der Waals surface area contributed by atoms with Crippen molar-refractivity contribution in [3.63, 3.8) is 0 Å². The molecule has 49 heavy (non-hydrogen) atoms. The number of nitrogens with zero attached hydrogens (tertiary/aromatic N) is 1. The summed E-state index contributed by atoms with van der Waals surface area (Å²) in [6, 6.07) is 24.1. The van der Waals surface area contributed by atoms with E-state index in [2.05, 4.69) is 15.6 Å². The first-order chi connectivity index (χ1) is 23.1. The third-order valence-corrected chi connectivity index (χ3v) is 10.4. The van der Waals surface area contributed by atoms with Crippen molar-refractivity contribution in [2.24, 2.45) is 4.99 Å².